The van der Waals surface area contributed by atoms with E-state index in [0.717, 1.165) is 25.7 Å². The summed E-state index contributed by atoms with van der Waals surface area (Å²) in [5, 5.41) is 5.71. The highest BCUT2D eigenvalue weighted by Gasteiger charge is 2.35. The van der Waals surface area contributed by atoms with E-state index in [1.165, 1.54) is 0 Å². The molecular formula is C12H20N2O2. The Labute approximate surface area is 96.2 Å². The van der Waals surface area contributed by atoms with Crippen molar-refractivity contribution in [3.63, 3.8) is 0 Å². The zero-order valence-electron chi connectivity index (χ0n) is 9.95. The van der Waals surface area contributed by atoms with Crippen molar-refractivity contribution in [3.05, 3.63) is 0 Å². The third-order valence-corrected chi connectivity index (χ3v) is 3.67. The van der Waals surface area contributed by atoms with E-state index in [0.29, 0.717) is 12.0 Å². The zero-order valence-corrected chi connectivity index (χ0v) is 9.95. The van der Waals surface area contributed by atoms with Crippen molar-refractivity contribution in [2.24, 2.45) is 11.8 Å². The maximum Gasteiger partial charge on any atom is 0.242 e. The highest BCUT2D eigenvalue weighted by atomic mass is 16.2. The molecule has 0 unspecified atom stereocenters. The summed E-state index contributed by atoms with van der Waals surface area (Å²) < 4.78 is 0. The van der Waals surface area contributed by atoms with Crippen LogP contribution in [0.3, 0.4) is 0 Å². The van der Waals surface area contributed by atoms with Gasteiger partial charge in [0, 0.05) is 12.0 Å². The summed E-state index contributed by atoms with van der Waals surface area (Å²) >= 11 is 0. The molecule has 16 heavy (non-hydrogen) atoms. The minimum Gasteiger partial charge on any atom is -0.351 e. The van der Waals surface area contributed by atoms with Gasteiger partial charge in [-0.1, -0.05) is 13.3 Å². The Morgan fingerprint density at radius 3 is 2.38 bits per heavy atom. The van der Waals surface area contributed by atoms with Crippen molar-refractivity contribution in [1.82, 2.24) is 10.6 Å². The molecule has 2 N–H and O–H groups in total. The van der Waals surface area contributed by atoms with Crippen LogP contribution in [-0.2, 0) is 9.59 Å². The van der Waals surface area contributed by atoms with Crippen LogP contribution in [0.25, 0.3) is 0 Å². The van der Waals surface area contributed by atoms with Crippen molar-refractivity contribution < 1.29 is 9.59 Å². The van der Waals surface area contributed by atoms with Crippen molar-refractivity contribution in [2.75, 3.05) is 0 Å². The summed E-state index contributed by atoms with van der Waals surface area (Å²) in [6.45, 7) is 3.86. The second-order valence-electron chi connectivity index (χ2n) is 5.19. The lowest BCUT2D eigenvalue weighted by molar-refractivity contribution is -0.132. The Bertz CT molecular complexity index is 299. The summed E-state index contributed by atoms with van der Waals surface area (Å²) in [6.07, 6.45) is 4.15. The van der Waals surface area contributed by atoms with Crippen LogP contribution in [-0.4, -0.2) is 23.9 Å². The molecule has 0 spiro atoms. The molecule has 4 heteroatoms. The molecule has 3 atom stereocenters. The molecule has 0 heterocycles. The molecule has 0 aromatic carbocycles. The number of carbonyl (C=O) groups excluding carboxylic acids is 2. The van der Waals surface area contributed by atoms with E-state index >= 15 is 0 Å². The fraction of sp³-hybridized carbons (Fsp3) is 0.833. The SMILES string of the molecule is C[C@@H](NC(=O)C1CCC1)C(=O)N[C@H]1C[C@@H]1C. The van der Waals surface area contributed by atoms with Gasteiger partial charge in [-0.05, 0) is 32.1 Å². The van der Waals surface area contributed by atoms with Crippen molar-refractivity contribution in [2.45, 2.75) is 51.6 Å². The predicted octanol–water partition coefficient (Wildman–Crippen LogP) is 0.816. The van der Waals surface area contributed by atoms with E-state index in [-0.39, 0.29) is 17.7 Å². The van der Waals surface area contributed by atoms with Crippen molar-refractivity contribution in [3.8, 4) is 0 Å². The van der Waals surface area contributed by atoms with Crippen LogP contribution in [0.15, 0.2) is 0 Å². The minimum atomic E-state index is -0.402. The number of hydrogen-bond acceptors (Lipinski definition) is 2. The number of amides is 2. The van der Waals surface area contributed by atoms with Gasteiger partial charge in [0.1, 0.15) is 6.04 Å². The molecule has 0 aliphatic heterocycles. The molecule has 0 radical (unpaired) electrons. The fourth-order valence-electron chi connectivity index (χ4n) is 1.90. The molecule has 0 aromatic heterocycles. The van der Waals surface area contributed by atoms with Gasteiger partial charge in [-0.25, -0.2) is 0 Å². The van der Waals surface area contributed by atoms with Crippen LogP contribution in [0.2, 0.25) is 0 Å². The molecule has 0 saturated heterocycles. The first-order valence-electron chi connectivity index (χ1n) is 6.18. The molecule has 2 fully saturated rings. The van der Waals surface area contributed by atoms with E-state index in [2.05, 4.69) is 17.6 Å². The number of rotatable bonds is 4. The maximum atomic E-state index is 11.7. The molecule has 2 aliphatic carbocycles. The quantitative estimate of drug-likeness (QED) is 0.742. The van der Waals surface area contributed by atoms with Crippen LogP contribution >= 0.6 is 0 Å². The third kappa shape index (κ3) is 2.54. The number of hydrogen-bond donors (Lipinski definition) is 2. The smallest absolute Gasteiger partial charge is 0.242 e. The lowest BCUT2D eigenvalue weighted by Gasteiger charge is -2.25. The fourth-order valence-corrected chi connectivity index (χ4v) is 1.90. The standard InChI is InChI=1S/C12H20N2O2/c1-7-6-10(7)14-11(15)8(2)13-12(16)9-4-3-5-9/h7-10H,3-6H2,1-2H3,(H,13,16)(H,14,15)/t7-,8+,10-/m0/s1. The maximum absolute atomic E-state index is 11.7. The van der Waals surface area contributed by atoms with Gasteiger partial charge in [0.15, 0.2) is 0 Å². The largest absolute Gasteiger partial charge is 0.351 e. The van der Waals surface area contributed by atoms with Crippen LogP contribution in [0.5, 0.6) is 0 Å². The Balaban J connectivity index is 1.71. The Hall–Kier alpha value is -1.06. The third-order valence-electron chi connectivity index (χ3n) is 3.67. The molecule has 4 nitrogen and oxygen atoms in total. The predicted molar refractivity (Wildman–Crippen MR) is 60.7 cm³/mol. The Kier molecular flexibility index (Phi) is 3.17. The van der Waals surface area contributed by atoms with Gasteiger partial charge in [0.05, 0.1) is 0 Å². The van der Waals surface area contributed by atoms with Gasteiger partial charge in [-0.2, -0.15) is 0 Å². The normalized spacial score (nSPS) is 30.1. The van der Waals surface area contributed by atoms with Gasteiger partial charge in [-0.3, -0.25) is 9.59 Å². The highest BCUT2D eigenvalue weighted by Crippen LogP contribution is 2.29. The average molecular weight is 224 g/mol. The van der Waals surface area contributed by atoms with Crippen molar-refractivity contribution >= 4 is 11.8 Å². The first kappa shape index (κ1) is 11.4. The van der Waals surface area contributed by atoms with E-state index in [1.807, 2.05) is 0 Å². The second kappa shape index (κ2) is 4.44. The van der Waals surface area contributed by atoms with Gasteiger partial charge in [0.2, 0.25) is 11.8 Å². The summed E-state index contributed by atoms with van der Waals surface area (Å²) in [4.78, 5) is 23.3. The van der Waals surface area contributed by atoms with Gasteiger partial charge in [-0.15, -0.1) is 0 Å². The number of carbonyl (C=O) groups is 2. The summed E-state index contributed by atoms with van der Waals surface area (Å²) in [5.41, 5.74) is 0. The first-order chi connectivity index (χ1) is 7.58. The molecular weight excluding hydrogens is 204 g/mol. The first-order valence-corrected chi connectivity index (χ1v) is 6.18. The molecule has 0 aromatic rings. The average Bonchev–Trinajstić information content (AvgIpc) is 2.78. The van der Waals surface area contributed by atoms with E-state index in [4.69, 9.17) is 0 Å². The lowest BCUT2D eigenvalue weighted by Crippen LogP contribution is -2.48. The molecule has 90 valence electrons. The molecule has 2 aliphatic rings. The van der Waals surface area contributed by atoms with Crippen LogP contribution in [0, 0.1) is 11.8 Å². The van der Waals surface area contributed by atoms with Crippen LogP contribution < -0.4 is 10.6 Å². The Morgan fingerprint density at radius 2 is 1.94 bits per heavy atom. The molecule has 2 rings (SSSR count). The van der Waals surface area contributed by atoms with Gasteiger partial charge in [0.25, 0.3) is 0 Å². The lowest BCUT2D eigenvalue weighted by atomic mass is 9.84. The molecule has 0 bridgehead atoms. The monoisotopic (exact) mass is 224 g/mol. The molecule has 2 amide bonds. The van der Waals surface area contributed by atoms with E-state index in [1.54, 1.807) is 6.92 Å². The summed E-state index contributed by atoms with van der Waals surface area (Å²) in [6, 6.07) is -0.0727. The zero-order chi connectivity index (χ0) is 11.7. The summed E-state index contributed by atoms with van der Waals surface area (Å²) in [5.74, 6) is 0.730. The summed E-state index contributed by atoms with van der Waals surface area (Å²) in [7, 11) is 0. The van der Waals surface area contributed by atoms with Crippen LogP contribution in [0.1, 0.15) is 39.5 Å². The van der Waals surface area contributed by atoms with E-state index < -0.39 is 6.04 Å². The second-order valence-corrected chi connectivity index (χ2v) is 5.19. The van der Waals surface area contributed by atoms with Crippen molar-refractivity contribution in [1.29, 1.82) is 0 Å². The Morgan fingerprint density at radius 1 is 1.31 bits per heavy atom. The number of nitrogens with one attached hydrogen (secondary N) is 2. The highest BCUT2D eigenvalue weighted by molar-refractivity contribution is 5.88. The van der Waals surface area contributed by atoms with Crippen LogP contribution in [0.4, 0.5) is 0 Å². The minimum absolute atomic E-state index is 0.0396. The topological polar surface area (TPSA) is 58.2 Å². The van der Waals surface area contributed by atoms with Gasteiger partial charge < -0.3 is 10.6 Å². The van der Waals surface area contributed by atoms with E-state index in [9.17, 15) is 9.59 Å². The van der Waals surface area contributed by atoms with Gasteiger partial charge >= 0.3 is 0 Å². The molecule has 2 saturated carbocycles.